The van der Waals surface area contributed by atoms with Crippen molar-refractivity contribution in [3.05, 3.63) is 0 Å². The molecule has 2 saturated heterocycles. The van der Waals surface area contributed by atoms with Crippen LogP contribution in [0.1, 0.15) is 39.5 Å². The molecule has 120 valence electrons. The number of carboxylic acid groups (broad SMARTS) is 1. The van der Waals surface area contributed by atoms with E-state index < -0.39 is 11.4 Å². The highest BCUT2D eigenvalue weighted by Crippen LogP contribution is 2.34. The highest BCUT2D eigenvalue weighted by Gasteiger charge is 2.43. The number of piperidine rings is 1. The van der Waals surface area contributed by atoms with E-state index in [1.165, 1.54) is 0 Å². The number of carbonyl (C=O) groups excluding carboxylic acids is 1. The fourth-order valence-corrected chi connectivity index (χ4v) is 3.50. The second-order valence-electron chi connectivity index (χ2n) is 6.29. The Morgan fingerprint density at radius 2 is 2.19 bits per heavy atom. The molecule has 2 rings (SSSR count). The summed E-state index contributed by atoms with van der Waals surface area (Å²) in [6.07, 6.45) is 2.83. The van der Waals surface area contributed by atoms with E-state index >= 15 is 0 Å². The zero-order valence-electron chi connectivity index (χ0n) is 13.2. The number of likely N-dealkylation sites (tertiary alicyclic amines) is 1. The molecule has 21 heavy (non-hydrogen) atoms. The minimum atomic E-state index is -0.789. The summed E-state index contributed by atoms with van der Waals surface area (Å²) in [5.74, 6) is -0.789. The van der Waals surface area contributed by atoms with Crippen molar-refractivity contribution >= 4 is 12.0 Å². The zero-order valence-corrected chi connectivity index (χ0v) is 13.2. The van der Waals surface area contributed by atoms with E-state index in [0.29, 0.717) is 32.5 Å². The van der Waals surface area contributed by atoms with Crippen LogP contribution in [-0.2, 0) is 9.53 Å². The lowest BCUT2D eigenvalue weighted by Crippen LogP contribution is -2.55. The summed E-state index contributed by atoms with van der Waals surface area (Å²) in [5, 5.41) is 9.51. The third kappa shape index (κ3) is 3.00. The van der Waals surface area contributed by atoms with Crippen LogP contribution in [0, 0.1) is 5.41 Å². The van der Waals surface area contributed by atoms with Crippen molar-refractivity contribution in [1.82, 2.24) is 9.80 Å². The minimum Gasteiger partial charge on any atom is -0.481 e. The van der Waals surface area contributed by atoms with Gasteiger partial charge in [-0.2, -0.15) is 0 Å². The Labute approximate surface area is 126 Å². The monoisotopic (exact) mass is 298 g/mol. The molecule has 2 aliphatic rings. The van der Waals surface area contributed by atoms with Gasteiger partial charge in [0.1, 0.15) is 0 Å². The smallest absolute Gasteiger partial charge is 0.320 e. The largest absolute Gasteiger partial charge is 0.481 e. The summed E-state index contributed by atoms with van der Waals surface area (Å²) in [6.45, 7) is 5.49. The van der Waals surface area contributed by atoms with Crippen molar-refractivity contribution in [2.24, 2.45) is 5.41 Å². The van der Waals surface area contributed by atoms with Gasteiger partial charge >= 0.3 is 12.0 Å². The molecule has 3 atom stereocenters. The van der Waals surface area contributed by atoms with Crippen LogP contribution in [0.3, 0.4) is 0 Å². The first kappa shape index (κ1) is 16.1. The Bertz CT molecular complexity index is 414. The maximum atomic E-state index is 12.7. The third-order valence-electron chi connectivity index (χ3n) is 5.11. The van der Waals surface area contributed by atoms with E-state index in [9.17, 15) is 14.7 Å². The molecule has 6 heteroatoms. The third-order valence-corrected chi connectivity index (χ3v) is 5.11. The quantitative estimate of drug-likeness (QED) is 0.862. The number of nitrogens with zero attached hydrogens (tertiary/aromatic N) is 2. The highest BCUT2D eigenvalue weighted by atomic mass is 16.5. The van der Waals surface area contributed by atoms with Crippen LogP contribution >= 0.6 is 0 Å². The number of likely N-dealkylation sites (N-methyl/N-ethyl adjacent to an activating group) is 1. The summed E-state index contributed by atoms with van der Waals surface area (Å²) in [5.41, 5.74) is -0.785. The van der Waals surface area contributed by atoms with Crippen LogP contribution in [0.25, 0.3) is 0 Å². The number of carbonyl (C=O) groups is 2. The van der Waals surface area contributed by atoms with Gasteiger partial charge in [-0.3, -0.25) is 4.79 Å². The molecule has 0 aliphatic carbocycles. The van der Waals surface area contributed by atoms with Gasteiger partial charge in [-0.05, 0) is 32.6 Å². The van der Waals surface area contributed by atoms with Gasteiger partial charge in [0.15, 0.2) is 0 Å². The van der Waals surface area contributed by atoms with Gasteiger partial charge in [0, 0.05) is 26.7 Å². The molecule has 1 N–H and O–H groups in total. The molecular weight excluding hydrogens is 272 g/mol. The van der Waals surface area contributed by atoms with Crippen molar-refractivity contribution in [3.8, 4) is 0 Å². The van der Waals surface area contributed by atoms with Crippen molar-refractivity contribution in [2.75, 3.05) is 26.7 Å². The number of carboxylic acids is 1. The number of hydrogen-bond donors (Lipinski definition) is 1. The fraction of sp³-hybridized carbons (Fsp3) is 0.867. The molecule has 2 aliphatic heterocycles. The average Bonchev–Trinajstić information content (AvgIpc) is 2.91. The first-order valence-corrected chi connectivity index (χ1v) is 7.78. The normalized spacial score (nSPS) is 33.0. The van der Waals surface area contributed by atoms with Crippen molar-refractivity contribution in [2.45, 2.75) is 51.7 Å². The topological polar surface area (TPSA) is 70.1 Å². The van der Waals surface area contributed by atoms with Crippen LogP contribution in [0.15, 0.2) is 0 Å². The van der Waals surface area contributed by atoms with Gasteiger partial charge in [0.05, 0.1) is 17.6 Å². The molecule has 6 nitrogen and oxygen atoms in total. The Morgan fingerprint density at radius 3 is 2.71 bits per heavy atom. The average molecular weight is 298 g/mol. The van der Waals surface area contributed by atoms with E-state index in [2.05, 4.69) is 0 Å². The molecule has 0 radical (unpaired) electrons. The number of rotatable bonds is 3. The second-order valence-corrected chi connectivity index (χ2v) is 6.29. The molecule has 0 saturated carbocycles. The van der Waals surface area contributed by atoms with Gasteiger partial charge in [-0.25, -0.2) is 4.79 Å². The van der Waals surface area contributed by atoms with Crippen LogP contribution in [0.5, 0.6) is 0 Å². The number of ether oxygens (including phenoxy) is 1. The molecule has 2 amide bonds. The molecule has 0 aromatic rings. The number of aliphatic carboxylic acids is 1. The van der Waals surface area contributed by atoms with Gasteiger partial charge in [0.2, 0.25) is 0 Å². The van der Waals surface area contributed by atoms with E-state index in [1.807, 2.05) is 13.8 Å². The fourth-order valence-electron chi connectivity index (χ4n) is 3.50. The molecule has 3 unspecified atom stereocenters. The lowest BCUT2D eigenvalue weighted by atomic mass is 9.78. The summed E-state index contributed by atoms with van der Waals surface area (Å²) in [4.78, 5) is 27.7. The van der Waals surface area contributed by atoms with Gasteiger partial charge in [-0.1, -0.05) is 6.92 Å². The molecule has 0 aromatic carbocycles. The Kier molecular flexibility index (Phi) is 4.76. The molecule has 0 aromatic heterocycles. The summed E-state index contributed by atoms with van der Waals surface area (Å²) in [6, 6.07) is 0.0106. The van der Waals surface area contributed by atoms with E-state index in [1.54, 1.807) is 16.8 Å². The predicted octanol–water partition coefficient (Wildman–Crippen LogP) is 1.79. The van der Waals surface area contributed by atoms with Crippen molar-refractivity contribution < 1.29 is 19.4 Å². The Balaban J connectivity index is 2.06. The van der Waals surface area contributed by atoms with Crippen LogP contribution in [0.2, 0.25) is 0 Å². The summed E-state index contributed by atoms with van der Waals surface area (Å²) >= 11 is 0. The SMILES string of the molecule is CCC1(C(=O)O)CCCN(C(=O)N(C)C2CCOC2C)C1. The molecule has 2 heterocycles. The first-order valence-electron chi connectivity index (χ1n) is 7.78. The van der Waals surface area contributed by atoms with E-state index in [-0.39, 0.29) is 18.2 Å². The number of amides is 2. The number of hydrogen-bond acceptors (Lipinski definition) is 3. The van der Waals surface area contributed by atoms with Gasteiger partial charge < -0.3 is 19.6 Å². The Hall–Kier alpha value is -1.30. The van der Waals surface area contributed by atoms with E-state index in [0.717, 1.165) is 12.8 Å². The first-order chi connectivity index (χ1) is 9.91. The standard InChI is InChI=1S/C15H26N2O4/c1-4-15(13(18)19)7-5-8-17(10-15)14(20)16(3)12-6-9-21-11(12)2/h11-12H,4-10H2,1-3H3,(H,18,19). The predicted molar refractivity (Wildman–Crippen MR) is 78.1 cm³/mol. The van der Waals surface area contributed by atoms with E-state index in [4.69, 9.17) is 4.74 Å². The van der Waals surface area contributed by atoms with Gasteiger partial charge in [-0.15, -0.1) is 0 Å². The lowest BCUT2D eigenvalue weighted by Gasteiger charge is -2.42. The van der Waals surface area contributed by atoms with Crippen molar-refractivity contribution in [1.29, 1.82) is 0 Å². The molecule has 2 fully saturated rings. The zero-order chi connectivity index (χ0) is 15.6. The van der Waals surface area contributed by atoms with Crippen molar-refractivity contribution in [3.63, 3.8) is 0 Å². The maximum absolute atomic E-state index is 12.7. The molecule has 0 bridgehead atoms. The highest BCUT2D eigenvalue weighted by molar-refractivity contribution is 5.79. The summed E-state index contributed by atoms with van der Waals surface area (Å²) in [7, 11) is 1.79. The minimum absolute atomic E-state index is 0.0409. The lowest BCUT2D eigenvalue weighted by molar-refractivity contribution is -0.152. The maximum Gasteiger partial charge on any atom is 0.320 e. The van der Waals surface area contributed by atoms with Crippen LogP contribution in [0.4, 0.5) is 4.79 Å². The molecular formula is C15H26N2O4. The van der Waals surface area contributed by atoms with Gasteiger partial charge in [0.25, 0.3) is 0 Å². The van der Waals surface area contributed by atoms with Crippen LogP contribution in [-0.4, -0.2) is 65.8 Å². The molecule has 0 spiro atoms. The van der Waals surface area contributed by atoms with Crippen LogP contribution < -0.4 is 0 Å². The summed E-state index contributed by atoms with van der Waals surface area (Å²) < 4.78 is 5.52. The number of urea groups is 1. The second kappa shape index (κ2) is 6.22. The Morgan fingerprint density at radius 1 is 1.48 bits per heavy atom.